The van der Waals surface area contributed by atoms with Crippen molar-refractivity contribution in [2.45, 2.75) is 43.3 Å². The fraction of sp³-hybridized carbons (Fsp3) is 0.471. The zero-order valence-corrected chi connectivity index (χ0v) is 14.6. The van der Waals surface area contributed by atoms with Crippen LogP contribution in [0.5, 0.6) is 0 Å². The molecule has 24 heavy (non-hydrogen) atoms. The Kier molecular flexibility index (Phi) is 3.85. The van der Waals surface area contributed by atoms with Gasteiger partial charge in [0.1, 0.15) is 0 Å². The normalized spacial score (nSPS) is 18.9. The van der Waals surface area contributed by atoms with E-state index in [1.54, 1.807) is 16.9 Å². The predicted molar refractivity (Wildman–Crippen MR) is 92.4 cm³/mol. The quantitative estimate of drug-likeness (QED) is 0.923. The van der Waals surface area contributed by atoms with Crippen molar-refractivity contribution in [3.8, 4) is 0 Å². The van der Waals surface area contributed by atoms with Gasteiger partial charge in [-0.2, -0.15) is 13.5 Å². The maximum absolute atomic E-state index is 12.9. The number of anilines is 1. The molecular formula is C17H22N4O2S. The molecule has 2 heterocycles. The number of rotatable bonds is 4. The second-order valence-electron chi connectivity index (χ2n) is 6.74. The Bertz CT molecular complexity index is 855. The monoisotopic (exact) mass is 346 g/mol. The van der Waals surface area contributed by atoms with Crippen LogP contribution in [0.1, 0.15) is 36.4 Å². The third-order valence-corrected chi connectivity index (χ3v) is 6.39. The van der Waals surface area contributed by atoms with Gasteiger partial charge in [-0.3, -0.25) is 4.72 Å². The molecule has 0 unspecified atom stereocenters. The van der Waals surface area contributed by atoms with Gasteiger partial charge in [0.05, 0.1) is 17.9 Å². The summed E-state index contributed by atoms with van der Waals surface area (Å²) in [4.78, 5) is 2.24. The Balaban J connectivity index is 1.66. The zero-order valence-electron chi connectivity index (χ0n) is 13.8. The first-order valence-electron chi connectivity index (χ1n) is 8.40. The topological polar surface area (TPSA) is 67.2 Å². The van der Waals surface area contributed by atoms with Gasteiger partial charge in [0.2, 0.25) is 0 Å². The summed E-state index contributed by atoms with van der Waals surface area (Å²) < 4.78 is 30.3. The second kappa shape index (κ2) is 5.89. The molecule has 1 N–H and O–H groups in total. The molecule has 1 aromatic heterocycles. The van der Waals surface area contributed by atoms with Gasteiger partial charge in [-0.1, -0.05) is 12.1 Å². The highest BCUT2D eigenvalue weighted by molar-refractivity contribution is 7.92. The van der Waals surface area contributed by atoms with E-state index in [1.165, 1.54) is 5.56 Å². The van der Waals surface area contributed by atoms with Crippen LogP contribution in [0.4, 0.5) is 5.69 Å². The van der Waals surface area contributed by atoms with Gasteiger partial charge in [-0.15, -0.1) is 0 Å². The number of hydrogen-bond acceptors (Lipinski definition) is 4. The van der Waals surface area contributed by atoms with Crippen molar-refractivity contribution < 1.29 is 8.42 Å². The maximum Gasteiger partial charge on any atom is 0.279 e. The lowest BCUT2D eigenvalue weighted by Crippen LogP contribution is -2.28. The Labute approximate surface area is 142 Å². The number of likely N-dealkylation sites (N-methyl/N-ethyl adjacent to an activating group) is 1. The second-order valence-corrected chi connectivity index (χ2v) is 8.36. The van der Waals surface area contributed by atoms with E-state index in [0.29, 0.717) is 5.69 Å². The van der Waals surface area contributed by atoms with E-state index in [0.717, 1.165) is 44.3 Å². The fourth-order valence-electron chi connectivity index (χ4n) is 3.46. The van der Waals surface area contributed by atoms with Crippen molar-refractivity contribution in [1.29, 1.82) is 0 Å². The Morgan fingerprint density at radius 2 is 2.08 bits per heavy atom. The lowest BCUT2D eigenvalue weighted by atomic mass is 9.93. The maximum atomic E-state index is 12.9. The molecule has 128 valence electrons. The average molecular weight is 346 g/mol. The van der Waals surface area contributed by atoms with E-state index >= 15 is 0 Å². The van der Waals surface area contributed by atoms with Gasteiger partial charge < -0.3 is 4.90 Å². The van der Waals surface area contributed by atoms with Crippen LogP contribution in [-0.2, 0) is 23.0 Å². The van der Waals surface area contributed by atoms with E-state index in [9.17, 15) is 8.42 Å². The number of aromatic nitrogens is 2. The van der Waals surface area contributed by atoms with Crippen LogP contribution in [0, 0.1) is 0 Å². The molecule has 0 radical (unpaired) electrons. The molecule has 1 aliphatic heterocycles. The van der Waals surface area contributed by atoms with Gasteiger partial charge in [0.15, 0.2) is 5.03 Å². The van der Waals surface area contributed by atoms with Crippen LogP contribution in [0.15, 0.2) is 35.5 Å². The van der Waals surface area contributed by atoms with Gasteiger partial charge in [-0.25, -0.2) is 4.68 Å². The van der Waals surface area contributed by atoms with Crippen molar-refractivity contribution in [1.82, 2.24) is 14.7 Å². The molecule has 0 spiro atoms. The van der Waals surface area contributed by atoms with Crippen LogP contribution in [0.2, 0.25) is 0 Å². The van der Waals surface area contributed by atoms with Crippen molar-refractivity contribution in [2.75, 3.05) is 18.3 Å². The van der Waals surface area contributed by atoms with Crippen molar-refractivity contribution in [3.05, 3.63) is 41.6 Å². The summed E-state index contributed by atoms with van der Waals surface area (Å²) in [7, 11) is -1.55. The molecule has 1 aliphatic carbocycles. The number of hydrogen-bond donors (Lipinski definition) is 1. The van der Waals surface area contributed by atoms with Gasteiger partial charge in [-0.05, 0) is 56.0 Å². The Hall–Kier alpha value is -1.86. The summed E-state index contributed by atoms with van der Waals surface area (Å²) >= 11 is 0. The summed E-state index contributed by atoms with van der Waals surface area (Å²) in [6.07, 6.45) is 5.56. The summed E-state index contributed by atoms with van der Waals surface area (Å²) in [6.45, 7) is 1.79. The van der Waals surface area contributed by atoms with Crippen molar-refractivity contribution in [3.63, 3.8) is 0 Å². The standard InChI is InChI=1S/C17H22N4O2S/c1-20-11-9-15-13(12-20)4-2-7-16(15)19-24(22,23)17-8-10-18-21(17)14-5-3-6-14/h2,4,7-8,10,14,19H,3,5-6,9,11-12H2,1H3. The van der Waals surface area contributed by atoms with Gasteiger partial charge >= 0.3 is 0 Å². The molecule has 1 aromatic carbocycles. The lowest BCUT2D eigenvalue weighted by Gasteiger charge is -2.28. The molecule has 0 atom stereocenters. The highest BCUT2D eigenvalue weighted by Crippen LogP contribution is 2.34. The predicted octanol–water partition coefficient (Wildman–Crippen LogP) is 2.40. The molecule has 2 aromatic rings. The molecule has 0 bridgehead atoms. The summed E-state index contributed by atoms with van der Waals surface area (Å²) in [5.41, 5.74) is 2.99. The van der Waals surface area contributed by atoms with E-state index in [4.69, 9.17) is 0 Å². The largest absolute Gasteiger partial charge is 0.302 e. The van der Waals surface area contributed by atoms with Crippen LogP contribution >= 0.6 is 0 Å². The minimum atomic E-state index is -3.63. The molecule has 4 rings (SSSR count). The number of benzene rings is 1. The van der Waals surface area contributed by atoms with Crippen molar-refractivity contribution >= 4 is 15.7 Å². The third-order valence-electron chi connectivity index (χ3n) is 5.03. The first-order valence-corrected chi connectivity index (χ1v) is 9.88. The van der Waals surface area contributed by atoms with E-state index in [1.807, 2.05) is 12.1 Å². The smallest absolute Gasteiger partial charge is 0.279 e. The molecular weight excluding hydrogens is 324 g/mol. The highest BCUT2D eigenvalue weighted by Gasteiger charge is 2.28. The van der Waals surface area contributed by atoms with Gasteiger partial charge in [0, 0.05) is 13.1 Å². The summed E-state index contributed by atoms with van der Waals surface area (Å²) in [5, 5.41) is 4.50. The minimum absolute atomic E-state index is 0.213. The minimum Gasteiger partial charge on any atom is -0.302 e. The third kappa shape index (κ3) is 2.71. The van der Waals surface area contributed by atoms with Crippen LogP contribution in [0.3, 0.4) is 0 Å². The van der Waals surface area contributed by atoms with E-state index < -0.39 is 10.0 Å². The van der Waals surface area contributed by atoms with E-state index in [2.05, 4.69) is 27.8 Å². The van der Waals surface area contributed by atoms with Crippen molar-refractivity contribution in [2.24, 2.45) is 0 Å². The zero-order chi connectivity index (χ0) is 16.7. The van der Waals surface area contributed by atoms with Crippen LogP contribution in [-0.4, -0.2) is 36.7 Å². The lowest BCUT2D eigenvalue weighted by molar-refractivity contribution is 0.271. The molecule has 0 saturated heterocycles. The van der Waals surface area contributed by atoms with E-state index in [-0.39, 0.29) is 11.1 Å². The number of fused-ring (bicyclic) bond motifs is 1. The van der Waals surface area contributed by atoms with Gasteiger partial charge in [0.25, 0.3) is 10.0 Å². The number of nitrogens with one attached hydrogen (secondary N) is 1. The van der Waals surface area contributed by atoms with Crippen LogP contribution in [0.25, 0.3) is 0 Å². The first kappa shape index (κ1) is 15.7. The molecule has 0 amide bonds. The fourth-order valence-corrected chi connectivity index (χ4v) is 4.73. The summed E-state index contributed by atoms with van der Waals surface area (Å²) in [5.74, 6) is 0. The Morgan fingerprint density at radius 1 is 1.25 bits per heavy atom. The number of nitrogens with zero attached hydrogens (tertiary/aromatic N) is 3. The molecule has 2 aliphatic rings. The molecule has 6 nitrogen and oxygen atoms in total. The molecule has 1 saturated carbocycles. The summed E-state index contributed by atoms with van der Waals surface area (Å²) in [6, 6.07) is 7.64. The average Bonchev–Trinajstić information content (AvgIpc) is 2.95. The first-order chi connectivity index (χ1) is 11.5. The molecule has 7 heteroatoms. The molecule has 1 fully saturated rings. The van der Waals surface area contributed by atoms with Crippen LogP contribution < -0.4 is 4.72 Å². The highest BCUT2D eigenvalue weighted by atomic mass is 32.2. The SMILES string of the molecule is CN1CCc2c(cccc2NS(=O)(=O)c2ccnn2C2CCC2)C1. The Morgan fingerprint density at radius 3 is 2.83 bits per heavy atom. The number of sulfonamides is 1.